The van der Waals surface area contributed by atoms with Crippen LogP contribution in [0.3, 0.4) is 0 Å². The third-order valence-electron chi connectivity index (χ3n) is 1.94. The minimum absolute atomic E-state index is 0. The summed E-state index contributed by atoms with van der Waals surface area (Å²) in [6.07, 6.45) is 0. The van der Waals surface area contributed by atoms with E-state index in [1.807, 2.05) is 0 Å². The Bertz CT molecular complexity index is 336. The molecule has 98 valence electrons. The molecule has 0 bridgehead atoms. The van der Waals surface area contributed by atoms with Crippen LogP contribution >= 0.6 is 24.8 Å². The van der Waals surface area contributed by atoms with Gasteiger partial charge in [-0.3, -0.25) is 10.1 Å². The van der Waals surface area contributed by atoms with Crippen molar-refractivity contribution in [2.24, 2.45) is 5.73 Å². The largest absolute Gasteiger partial charge is 0.480 e. The molecule has 0 saturated carbocycles. The van der Waals surface area contributed by atoms with E-state index in [2.05, 4.69) is 5.32 Å². The smallest absolute Gasteiger partial charge is 0.325 e. The van der Waals surface area contributed by atoms with Gasteiger partial charge in [-0.1, -0.05) is 12.1 Å². The predicted molar refractivity (Wildman–Crippen MR) is 68.3 cm³/mol. The van der Waals surface area contributed by atoms with Gasteiger partial charge in [0.25, 0.3) is 0 Å². The van der Waals surface area contributed by atoms with Crippen LogP contribution < -0.4 is 11.1 Å². The van der Waals surface area contributed by atoms with Gasteiger partial charge >= 0.3 is 5.97 Å². The third kappa shape index (κ3) is 5.83. The summed E-state index contributed by atoms with van der Waals surface area (Å²) in [6, 6.07) is 4.51. The molecule has 0 aromatic heterocycles. The van der Waals surface area contributed by atoms with Crippen LogP contribution in [0.5, 0.6) is 0 Å². The number of nitrogens with one attached hydrogen (secondary N) is 1. The van der Waals surface area contributed by atoms with Crippen LogP contribution in [0.1, 0.15) is 11.6 Å². The first-order valence-corrected chi connectivity index (χ1v) is 4.57. The highest BCUT2D eigenvalue weighted by atomic mass is 35.5. The molecule has 1 unspecified atom stereocenters. The maximum Gasteiger partial charge on any atom is 0.325 e. The second-order valence-corrected chi connectivity index (χ2v) is 3.07. The number of hydrogen-bond acceptors (Lipinski definition) is 3. The minimum atomic E-state index is -1.00. The van der Waals surface area contributed by atoms with Gasteiger partial charge in [0.15, 0.2) is 0 Å². The summed E-state index contributed by atoms with van der Waals surface area (Å²) in [5.41, 5.74) is 5.78. The lowest BCUT2D eigenvalue weighted by Crippen LogP contribution is -2.32. The van der Waals surface area contributed by atoms with Gasteiger partial charge in [0, 0.05) is 13.1 Å². The first-order chi connectivity index (χ1) is 7.15. The lowest BCUT2D eigenvalue weighted by atomic mass is 10.1. The summed E-state index contributed by atoms with van der Waals surface area (Å²) in [5, 5.41) is 11.7. The van der Waals surface area contributed by atoms with Crippen molar-refractivity contribution < 1.29 is 14.3 Å². The van der Waals surface area contributed by atoms with Gasteiger partial charge in [0.1, 0.15) is 11.9 Å². The summed E-state index contributed by atoms with van der Waals surface area (Å²) in [4.78, 5) is 10.9. The van der Waals surface area contributed by atoms with Crippen molar-refractivity contribution in [2.75, 3.05) is 13.1 Å². The zero-order valence-electron chi connectivity index (χ0n) is 8.93. The second kappa shape index (κ2) is 9.18. The molecule has 1 aromatic rings. The number of benzene rings is 1. The summed E-state index contributed by atoms with van der Waals surface area (Å²) < 4.78 is 12.6. The van der Waals surface area contributed by atoms with Crippen LogP contribution in [0.2, 0.25) is 0 Å². The Hall–Kier alpha value is -0.880. The maximum absolute atomic E-state index is 12.6. The Kier molecular flexibility index (Phi) is 9.98. The Morgan fingerprint density at radius 3 is 2.29 bits per heavy atom. The molecule has 7 heteroatoms. The number of carboxylic acid groups (broad SMARTS) is 1. The molecule has 0 amide bonds. The van der Waals surface area contributed by atoms with E-state index in [4.69, 9.17) is 10.8 Å². The SMILES string of the molecule is Cl.Cl.NCCNC(C(=O)O)c1ccc(F)cc1. The zero-order chi connectivity index (χ0) is 11.3. The Morgan fingerprint density at radius 1 is 1.35 bits per heavy atom. The topological polar surface area (TPSA) is 75.3 Å². The van der Waals surface area contributed by atoms with E-state index < -0.39 is 12.0 Å². The fraction of sp³-hybridized carbons (Fsp3) is 0.300. The fourth-order valence-corrected chi connectivity index (χ4v) is 1.23. The number of halogens is 3. The number of hydrogen-bond donors (Lipinski definition) is 3. The molecule has 0 aliphatic carbocycles. The minimum Gasteiger partial charge on any atom is -0.480 e. The quantitative estimate of drug-likeness (QED) is 0.763. The second-order valence-electron chi connectivity index (χ2n) is 3.07. The third-order valence-corrected chi connectivity index (χ3v) is 1.94. The maximum atomic E-state index is 12.6. The van der Waals surface area contributed by atoms with Crippen molar-refractivity contribution in [3.05, 3.63) is 35.6 Å². The van der Waals surface area contributed by atoms with Crippen LogP contribution in [0.4, 0.5) is 4.39 Å². The van der Waals surface area contributed by atoms with Crippen LogP contribution in [0.15, 0.2) is 24.3 Å². The van der Waals surface area contributed by atoms with E-state index in [-0.39, 0.29) is 30.6 Å². The summed E-state index contributed by atoms with van der Waals surface area (Å²) in [5.74, 6) is -1.39. The van der Waals surface area contributed by atoms with E-state index >= 15 is 0 Å². The van der Waals surface area contributed by atoms with Crippen molar-refractivity contribution in [3.8, 4) is 0 Å². The average molecular weight is 285 g/mol. The normalized spacial score (nSPS) is 10.9. The van der Waals surface area contributed by atoms with E-state index in [1.165, 1.54) is 24.3 Å². The summed E-state index contributed by atoms with van der Waals surface area (Å²) >= 11 is 0. The molecule has 0 radical (unpaired) electrons. The molecule has 0 aliphatic rings. The molecule has 1 atom stereocenters. The van der Waals surface area contributed by atoms with Crippen molar-refractivity contribution in [1.29, 1.82) is 0 Å². The zero-order valence-corrected chi connectivity index (χ0v) is 10.6. The number of carboxylic acids is 1. The van der Waals surface area contributed by atoms with Crippen molar-refractivity contribution >= 4 is 30.8 Å². The molecule has 1 aromatic carbocycles. The van der Waals surface area contributed by atoms with Gasteiger partial charge in [0.05, 0.1) is 0 Å². The van der Waals surface area contributed by atoms with Crippen molar-refractivity contribution in [3.63, 3.8) is 0 Å². The average Bonchev–Trinajstić information content (AvgIpc) is 2.21. The molecule has 4 nitrogen and oxygen atoms in total. The van der Waals surface area contributed by atoms with Gasteiger partial charge < -0.3 is 10.8 Å². The highest BCUT2D eigenvalue weighted by Gasteiger charge is 2.18. The van der Waals surface area contributed by atoms with E-state index in [1.54, 1.807) is 0 Å². The molecule has 0 aliphatic heterocycles. The highest BCUT2D eigenvalue weighted by Crippen LogP contribution is 2.13. The van der Waals surface area contributed by atoms with Gasteiger partial charge in [-0.05, 0) is 17.7 Å². The molecular formula is C10H15Cl2FN2O2. The molecular weight excluding hydrogens is 270 g/mol. The van der Waals surface area contributed by atoms with Crippen molar-refractivity contribution in [2.45, 2.75) is 6.04 Å². The number of rotatable bonds is 5. The van der Waals surface area contributed by atoms with Crippen LogP contribution in [0.25, 0.3) is 0 Å². The number of carbonyl (C=O) groups is 1. The van der Waals surface area contributed by atoms with Crippen LogP contribution in [-0.4, -0.2) is 24.2 Å². The van der Waals surface area contributed by atoms with Gasteiger partial charge in [-0.15, -0.1) is 24.8 Å². The summed E-state index contributed by atoms with van der Waals surface area (Å²) in [7, 11) is 0. The Labute approximate surface area is 111 Å². The number of aliphatic carboxylic acids is 1. The molecule has 1 rings (SSSR count). The molecule has 0 heterocycles. The van der Waals surface area contributed by atoms with Crippen LogP contribution in [-0.2, 0) is 4.79 Å². The van der Waals surface area contributed by atoms with Crippen molar-refractivity contribution in [1.82, 2.24) is 5.32 Å². The Morgan fingerprint density at radius 2 is 1.88 bits per heavy atom. The van der Waals surface area contributed by atoms with E-state index in [0.29, 0.717) is 18.7 Å². The highest BCUT2D eigenvalue weighted by molar-refractivity contribution is 5.85. The fourth-order valence-electron chi connectivity index (χ4n) is 1.23. The van der Waals surface area contributed by atoms with E-state index in [9.17, 15) is 9.18 Å². The summed E-state index contributed by atoms with van der Waals surface area (Å²) in [6.45, 7) is 0.749. The first kappa shape index (κ1) is 18.5. The molecule has 0 fully saturated rings. The molecule has 0 saturated heterocycles. The van der Waals surface area contributed by atoms with Crippen LogP contribution in [0, 0.1) is 5.82 Å². The van der Waals surface area contributed by atoms with Gasteiger partial charge in [-0.25, -0.2) is 4.39 Å². The Balaban J connectivity index is 0. The number of nitrogens with two attached hydrogens (primary N) is 1. The predicted octanol–water partition coefficient (Wildman–Crippen LogP) is 1.34. The van der Waals surface area contributed by atoms with Gasteiger partial charge in [0.2, 0.25) is 0 Å². The monoisotopic (exact) mass is 284 g/mol. The first-order valence-electron chi connectivity index (χ1n) is 4.57. The molecule has 17 heavy (non-hydrogen) atoms. The lowest BCUT2D eigenvalue weighted by Gasteiger charge is -2.13. The lowest BCUT2D eigenvalue weighted by molar-refractivity contribution is -0.139. The molecule has 4 N–H and O–H groups in total. The standard InChI is InChI=1S/C10H13FN2O2.2ClH/c11-8-3-1-7(2-4-8)9(10(14)15)13-6-5-12;;/h1-4,9,13H,5-6,12H2,(H,14,15);2*1H. The van der Waals surface area contributed by atoms with Gasteiger partial charge in [-0.2, -0.15) is 0 Å². The van der Waals surface area contributed by atoms with E-state index in [0.717, 1.165) is 0 Å². The molecule has 0 spiro atoms.